The fourth-order valence-electron chi connectivity index (χ4n) is 2.49. The standard InChI is InChI=1S/C13H21N5O2/c1-9-7-11(17(2)16-9)15-12(19)8-18-5-3-10(4-6-18)13(14)20/h7,10H,3-6,8H2,1-2H3,(H2,14,20)(H,15,19). The fourth-order valence-corrected chi connectivity index (χ4v) is 2.49. The number of hydrogen-bond acceptors (Lipinski definition) is 4. The maximum atomic E-state index is 12.0. The number of carbonyl (C=O) groups excluding carboxylic acids is 2. The van der Waals surface area contributed by atoms with E-state index >= 15 is 0 Å². The minimum atomic E-state index is -0.237. The van der Waals surface area contributed by atoms with Crippen LogP contribution in [0.5, 0.6) is 0 Å². The van der Waals surface area contributed by atoms with Gasteiger partial charge in [-0.25, -0.2) is 0 Å². The smallest absolute Gasteiger partial charge is 0.239 e. The van der Waals surface area contributed by atoms with Crippen LogP contribution in [0.25, 0.3) is 0 Å². The molecule has 1 aromatic rings. The number of aromatic nitrogens is 2. The molecule has 1 saturated heterocycles. The number of aryl methyl sites for hydroxylation is 2. The molecule has 0 unspecified atom stereocenters. The molecule has 20 heavy (non-hydrogen) atoms. The number of amides is 2. The van der Waals surface area contributed by atoms with E-state index < -0.39 is 0 Å². The molecular formula is C13H21N5O2. The van der Waals surface area contributed by atoms with E-state index in [-0.39, 0.29) is 17.7 Å². The van der Waals surface area contributed by atoms with Crippen LogP contribution < -0.4 is 11.1 Å². The zero-order valence-electron chi connectivity index (χ0n) is 11.9. The van der Waals surface area contributed by atoms with Gasteiger partial charge in [0.2, 0.25) is 11.8 Å². The topological polar surface area (TPSA) is 93.3 Å². The summed E-state index contributed by atoms with van der Waals surface area (Å²) in [6.07, 6.45) is 1.46. The quantitative estimate of drug-likeness (QED) is 0.802. The fraction of sp³-hybridized carbons (Fsp3) is 0.615. The number of nitrogens with two attached hydrogens (primary N) is 1. The van der Waals surface area contributed by atoms with E-state index in [9.17, 15) is 9.59 Å². The lowest BCUT2D eigenvalue weighted by atomic mass is 9.96. The van der Waals surface area contributed by atoms with E-state index in [2.05, 4.69) is 10.4 Å². The van der Waals surface area contributed by atoms with Crippen LogP contribution in [0.3, 0.4) is 0 Å². The zero-order valence-corrected chi connectivity index (χ0v) is 11.9. The van der Waals surface area contributed by atoms with Crippen molar-refractivity contribution in [3.63, 3.8) is 0 Å². The Morgan fingerprint density at radius 3 is 2.60 bits per heavy atom. The third-order valence-electron chi connectivity index (χ3n) is 3.63. The lowest BCUT2D eigenvalue weighted by Gasteiger charge is -2.29. The van der Waals surface area contributed by atoms with E-state index in [0.717, 1.165) is 31.6 Å². The normalized spacial score (nSPS) is 17.1. The predicted octanol–water partition coefficient (Wildman–Crippen LogP) is -0.136. The largest absolute Gasteiger partial charge is 0.369 e. The number of likely N-dealkylation sites (tertiary alicyclic amines) is 1. The first-order valence-corrected chi connectivity index (χ1v) is 6.78. The first-order valence-electron chi connectivity index (χ1n) is 6.78. The maximum absolute atomic E-state index is 12.0. The highest BCUT2D eigenvalue weighted by Crippen LogP contribution is 2.16. The van der Waals surface area contributed by atoms with E-state index in [0.29, 0.717) is 12.4 Å². The Kier molecular flexibility index (Phi) is 4.39. The van der Waals surface area contributed by atoms with Gasteiger partial charge in [0.25, 0.3) is 0 Å². The second-order valence-corrected chi connectivity index (χ2v) is 5.30. The lowest BCUT2D eigenvalue weighted by Crippen LogP contribution is -2.42. The van der Waals surface area contributed by atoms with Crippen molar-refractivity contribution in [2.24, 2.45) is 18.7 Å². The zero-order chi connectivity index (χ0) is 14.7. The Morgan fingerprint density at radius 1 is 1.45 bits per heavy atom. The molecule has 0 spiro atoms. The molecule has 0 bridgehead atoms. The highest BCUT2D eigenvalue weighted by molar-refractivity contribution is 5.91. The number of nitrogens with zero attached hydrogens (tertiary/aromatic N) is 3. The number of nitrogens with one attached hydrogen (secondary N) is 1. The maximum Gasteiger partial charge on any atom is 0.239 e. The summed E-state index contributed by atoms with van der Waals surface area (Å²) >= 11 is 0. The molecule has 0 aromatic carbocycles. The molecule has 0 saturated carbocycles. The highest BCUT2D eigenvalue weighted by Gasteiger charge is 2.24. The van der Waals surface area contributed by atoms with Crippen molar-refractivity contribution in [1.82, 2.24) is 14.7 Å². The van der Waals surface area contributed by atoms with E-state index in [4.69, 9.17) is 5.73 Å². The minimum absolute atomic E-state index is 0.0472. The van der Waals surface area contributed by atoms with Crippen LogP contribution in [-0.4, -0.2) is 46.1 Å². The van der Waals surface area contributed by atoms with E-state index in [1.54, 1.807) is 11.7 Å². The number of rotatable bonds is 4. The molecule has 7 nitrogen and oxygen atoms in total. The predicted molar refractivity (Wildman–Crippen MR) is 74.9 cm³/mol. The average molecular weight is 279 g/mol. The summed E-state index contributed by atoms with van der Waals surface area (Å²) in [6, 6.07) is 1.83. The minimum Gasteiger partial charge on any atom is -0.369 e. The van der Waals surface area contributed by atoms with Crippen molar-refractivity contribution in [2.45, 2.75) is 19.8 Å². The molecule has 2 heterocycles. The molecule has 2 rings (SSSR count). The molecule has 3 N–H and O–H groups in total. The molecule has 2 amide bonds. The average Bonchev–Trinajstić information content (AvgIpc) is 2.68. The Hall–Kier alpha value is -1.89. The van der Waals surface area contributed by atoms with Gasteiger partial charge in [-0.05, 0) is 32.9 Å². The van der Waals surface area contributed by atoms with Gasteiger partial charge in [0.1, 0.15) is 5.82 Å². The third-order valence-corrected chi connectivity index (χ3v) is 3.63. The Balaban J connectivity index is 1.81. The van der Waals surface area contributed by atoms with Crippen molar-refractivity contribution in [3.05, 3.63) is 11.8 Å². The molecule has 1 aliphatic heterocycles. The molecule has 0 radical (unpaired) electrons. The van der Waals surface area contributed by atoms with Gasteiger partial charge in [-0.15, -0.1) is 0 Å². The van der Waals surface area contributed by atoms with Crippen LogP contribution in [-0.2, 0) is 16.6 Å². The van der Waals surface area contributed by atoms with Crippen LogP contribution >= 0.6 is 0 Å². The van der Waals surface area contributed by atoms with Crippen molar-refractivity contribution in [2.75, 3.05) is 25.0 Å². The summed E-state index contributed by atoms with van der Waals surface area (Å²) in [5.74, 6) is 0.346. The van der Waals surface area contributed by atoms with Gasteiger partial charge >= 0.3 is 0 Å². The van der Waals surface area contributed by atoms with Gasteiger partial charge in [0.05, 0.1) is 12.2 Å². The van der Waals surface area contributed by atoms with Gasteiger partial charge in [0.15, 0.2) is 0 Å². The first-order chi connectivity index (χ1) is 9.45. The van der Waals surface area contributed by atoms with Crippen LogP contribution in [0.1, 0.15) is 18.5 Å². The number of piperidine rings is 1. The number of anilines is 1. The summed E-state index contributed by atoms with van der Waals surface area (Å²) in [5.41, 5.74) is 6.15. The Labute approximate surface area is 118 Å². The molecule has 1 fully saturated rings. The summed E-state index contributed by atoms with van der Waals surface area (Å²) in [6.45, 7) is 3.66. The summed E-state index contributed by atoms with van der Waals surface area (Å²) in [4.78, 5) is 25.1. The molecule has 0 atom stereocenters. The van der Waals surface area contributed by atoms with Gasteiger partial charge in [-0.1, -0.05) is 0 Å². The van der Waals surface area contributed by atoms with Crippen molar-refractivity contribution in [3.8, 4) is 0 Å². The Bertz CT molecular complexity index is 503. The monoisotopic (exact) mass is 279 g/mol. The van der Waals surface area contributed by atoms with Gasteiger partial charge in [0, 0.05) is 19.0 Å². The molecule has 1 aromatic heterocycles. The van der Waals surface area contributed by atoms with Crippen LogP contribution in [0, 0.1) is 12.8 Å². The molecular weight excluding hydrogens is 258 g/mol. The van der Waals surface area contributed by atoms with E-state index in [1.807, 2.05) is 17.9 Å². The SMILES string of the molecule is Cc1cc(NC(=O)CN2CCC(C(N)=O)CC2)n(C)n1. The molecule has 0 aliphatic carbocycles. The van der Waals surface area contributed by atoms with Crippen LogP contribution in [0.15, 0.2) is 6.07 Å². The van der Waals surface area contributed by atoms with Crippen LogP contribution in [0.2, 0.25) is 0 Å². The molecule has 110 valence electrons. The van der Waals surface area contributed by atoms with Crippen LogP contribution in [0.4, 0.5) is 5.82 Å². The lowest BCUT2D eigenvalue weighted by molar-refractivity contribution is -0.123. The second kappa shape index (κ2) is 6.04. The van der Waals surface area contributed by atoms with Crippen molar-refractivity contribution < 1.29 is 9.59 Å². The summed E-state index contributed by atoms with van der Waals surface area (Å²) in [5, 5.41) is 7.02. The van der Waals surface area contributed by atoms with E-state index in [1.165, 1.54) is 0 Å². The van der Waals surface area contributed by atoms with Gasteiger partial charge in [-0.2, -0.15) is 5.10 Å². The number of hydrogen-bond donors (Lipinski definition) is 2. The van der Waals surface area contributed by atoms with Gasteiger partial charge in [-0.3, -0.25) is 19.2 Å². The number of carbonyl (C=O) groups is 2. The summed E-state index contributed by atoms with van der Waals surface area (Å²) in [7, 11) is 1.79. The van der Waals surface area contributed by atoms with Crippen molar-refractivity contribution >= 4 is 17.6 Å². The van der Waals surface area contributed by atoms with Gasteiger partial charge < -0.3 is 11.1 Å². The Morgan fingerprint density at radius 2 is 2.10 bits per heavy atom. The summed E-state index contributed by atoms with van der Waals surface area (Å²) < 4.78 is 1.65. The van der Waals surface area contributed by atoms with Crippen molar-refractivity contribution in [1.29, 1.82) is 0 Å². The second-order valence-electron chi connectivity index (χ2n) is 5.30. The number of primary amides is 1. The molecule has 1 aliphatic rings. The first kappa shape index (κ1) is 14.5. The highest BCUT2D eigenvalue weighted by atomic mass is 16.2. The molecule has 7 heteroatoms. The third kappa shape index (κ3) is 3.57.